The summed E-state index contributed by atoms with van der Waals surface area (Å²) in [7, 11) is 0. The summed E-state index contributed by atoms with van der Waals surface area (Å²) in [4.78, 5) is 0. The van der Waals surface area contributed by atoms with Gasteiger partial charge in [0.2, 0.25) is 0 Å². The largest absolute Gasteiger partial charge is 0.343 e. The van der Waals surface area contributed by atoms with Gasteiger partial charge in [-0.3, -0.25) is 0 Å². The third-order valence-electron chi connectivity index (χ3n) is 2.10. The van der Waals surface area contributed by atoms with Crippen molar-refractivity contribution in [3.05, 3.63) is 6.92 Å². The topological polar surface area (TPSA) is 0 Å². The Bertz CT molecular complexity index is 60.1. The van der Waals surface area contributed by atoms with Crippen molar-refractivity contribution in [2.24, 2.45) is 5.92 Å². The van der Waals surface area contributed by atoms with E-state index in [9.17, 15) is 0 Å². The molecule has 0 aliphatic rings. The van der Waals surface area contributed by atoms with E-state index < -0.39 is 0 Å². The fourth-order valence-corrected chi connectivity index (χ4v) is 0.757. The molecule has 1 heteroatoms. The molecule has 1 atom stereocenters. The molecule has 0 fully saturated rings. The molecular weight excluding hydrogens is 203 g/mol. The minimum atomic E-state index is 0. The third-order valence-corrected chi connectivity index (χ3v) is 2.10. The van der Waals surface area contributed by atoms with Crippen LogP contribution in [0.25, 0.3) is 0 Å². The Morgan fingerprint density at radius 2 is 1.54 bits per heavy atom. The van der Waals surface area contributed by atoms with Crippen LogP contribution in [0.1, 0.15) is 66.2 Å². The molecule has 0 radical (unpaired) electrons. The van der Waals surface area contributed by atoms with E-state index in [-0.39, 0.29) is 16.5 Å². The Hall–Kier alpha value is 0.494. The maximum atomic E-state index is 3.60. The Kier molecular flexibility index (Phi) is 26.9. The minimum Gasteiger partial charge on any atom is -0.343 e. The van der Waals surface area contributed by atoms with Crippen LogP contribution in [0, 0.1) is 12.8 Å². The molecule has 86 valence electrons. The van der Waals surface area contributed by atoms with Crippen LogP contribution in [0.4, 0.5) is 0 Å². The van der Waals surface area contributed by atoms with Crippen LogP contribution in [0.5, 0.6) is 0 Å². The Morgan fingerprint density at radius 1 is 1.08 bits per heavy atom. The second kappa shape index (κ2) is 18.3. The van der Waals surface area contributed by atoms with E-state index in [1.807, 2.05) is 0 Å². The molecular formula is C12H27Ni-. The van der Waals surface area contributed by atoms with Crippen molar-refractivity contribution >= 4 is 0 Å². The molecule has 0 aromatic heterocycles. The van der Waals surface area contributed by atoms with E-state index in [2.05, 4.69) is 34.6 Å². The van der Waals surface area contributed by atoms with Crippen LogP contribution in [-0.4, -0.2) is 0 Å². The van der Waals surface area contributed by atoms with E-state index in [0.29, 0.717) is 0 Å². The van der Waals surface area contributed by atoms with Crippen LogP contribution < -0.4 is 0 Å². The van der Waals surface area contributed by atoms with Gasteiger partial charge in [0.25, 0.3) is 0 Å². The molecule has 0 saturated carbocycles. The predicted molar refractivity (Wildman–Crippen MR) is 59.2 cm³/mol. The van der Waals surface area contributed by atoms with E-state index in [1.165, 1.54) is 32.1 Å². The van der Waals surface area contributed by atoms with Gasteiger partial charge in [-0.2, -0.15) is 6.42 Å². The summed E-state index contributed by atoms with van der Waals surface area (Å²) in [5.74, 6) is 0.954. The predicted octanol–water partition coefficient (Wildman–Crippen LogP) is 4.84. The first-order valence-electron chi connectivity index (χ1n) is 5.52. The molecule has 0 N–H and O–H groups in total. The zero-order valence-electron chi connectivity index (χ0n) is 9.84. The van der Waals surface area contributed by atoms with Crippen molar-refractivity contribution in [2.45, 2.75) is 66.2 Å². The van der Waals surface area contributed by atoms with Crippen LogP contribution in [0.15, 0.2) is 0 Å². The van der Waals surface area contributed by atoms with Crippen LogP contribution in [0.3, 0.4) is 0 Å². The average molecular weight is 230 g/mol. The van der Waals surface area contributed by atoms with Gasteiger partial charge in [0.15, 0.2) is 0 Å². The van der Waals surface area contributed by atoms with E-state index in [1.54, 1.807) is 0 Å². The van der Waals surface area contributed by atoms with Gasteiger partial charge < -0.3 is 6.92 Å². The summed E-state index contributed by atoms with van der Waals surface area (Å²) in [6.45, 7) is 12.6. The Labute approximate surface area is 95.8 Å². The maximum absolute atomic E-state index is 3.60. The molecule has 0 rings (SSSR count). The molecule has 0 aliphatic heterocycles. The van der Waals surface area contributed by atoms with Gasteiger partial charge in [0, 0.05) is 16.5 Å². The molecule has 0 aliphatic carbocycles. The normalized spacial score (nSPS) is 10.8. The van der Waals surface area contributed by atoms with Gasteiger partial charge in [-0.25, -0.2) is 0 Å². The molecule has 0 saturated heterocycles. The van der Waals surface area contributed by atoms with Crippen LogP contribution in [0.2, 0.25) is 0 Å². The molecule has 0 nitrogen and oxygen atoms in total. The summed E-state index contributed by atoms with van der Waals surface area (Å²) in [6, 6.07) is 0. The molecule has 0 aromatic rings. The molecule has 1 unspecified atom stereocenters. The van der Waals surface area contributed by atoms with E-state index in [0.717, 1.165) is 12.3 Å². The summed E-state index contributed by atoms with van der Waals surface area (Å²) >= 11 is 0. The number of unbranched alkanes of at least 4 members (excludes halogenated alkanes) is 2. The fourth-order valence-electron chi connectivity index (χ4n) is 0.757. The Morgan fingerprint density at radius 3 is 1.77 bits per heavy atom. The summed E-state index contributed by atoms with van der Waals surface area (Å²) in [6.07, 6.45) is 7.81. The number of rotatable bonds is 5. The number of hydrogen-bond acceptors (Lipinski definition) is 0. The smallest absolute Gasteiger partial charge is 0 e. The van der Waals surface area contributed by atoms with Gasteiger partial charge in [0.1, 0.15) is 0 Å². The van der Waals surface area contributed by atoms with Crippen LogP contribution >= 0.6 is 0 Å². The van der Waals surface area contributed by atoms with E-state index in [4.69, 9.17) is 0 Å². The number of hydrogen-bond donors (Lipinski definition) is 0. The van der Waals surface area contributed by atoms with Crippen molar-refractivity contribution in [1.29, 1.82) is 0 Å². The Balaban J connectivity index is -0.000000173. The zero-order chi connectivity index (χ0) is 9.82. The quantitative estimate of drug-likeness (QED) is 0.468. The third kappa shape index (κ3) is 24.5. The maximum Gasteiger partial charge on any atom is 0 e. The van der Waals surface area contributed by atoms with Crippen LogP contribution in [-0.2, 0) is 16.5 Å². The summed E-state index contributed by atoms with van der Waals surface area (Å²) in [5.41, 5.74) is 0. The van der Waals surface area contributed by atoms with Gasteiger partial charge >= 0.3 is 0 Å². The van der Waals surface area contributed by atoms with Crippen molar-refractivity contribution in [3.8, 4) is 0 Å². The van der Waals surface area contributed by atoms with Gasteiger partial charge in [-0.05, 0) is 5.92 Å². The zero-order valence-corrected chi connectivity index (χ0v) is 10.8. The second-order valence-corrected chi connectivity index (χ2v) is 3.51. The van der Waals surface area contributed by atoms with Crippen molar-refractivity contribution in [3.63, 3.8) is 0 Å². The van der Waals surface area contributed by atoms with Crippen molar-refractivity contribution in [2.75, 3.05) is 0 Å². The first-order valence-corrected chi connectivity index (χ1v) is 5.52. The monoisotopic (exact) mass is 229 g/mol. The van der Waals surface area contributed by atoms with Crippen molar-refractivity contribution in [1.82, 2.24) is 0 Å². The van der Waals surface area contributed by atoms with Gasteiger partial charge in [0.05, 0.1) is 0 Å². The molecule has 0 bridgehead atoms. The second-order valence-electron chi connectivity index (χ2n) is 3.51. The van der Waals surface area contributed by atoms with E-state index >= 15 is 0 Å². The molecule has 0 heterocycles. The standard InChI is InChI=1S/C8H18.C4H9.Ni/c1-4-6-7-8(3)5-2;1-3-4-2;/h8H,4-7H2,1-3H3;1,3-4H2,2H3;/q;-1;. The SMILES string of the molecule is CCCCC(C)CC.[CH2-]CCC.[Ni]. The van der Waals surface area contributed by atoms with Gasteiger partial charge in [-0.15, -0.1) is 0 Å². The molecule has 13 heavy (non-hydrogen) atoms. The molecule has 0 spiro atoms. The molecule has 0 aromatic carbocycles. The first-order chi connectivity index (χ1) is 5.72. The summed E-state index contributed by atoms with van der Waals surface area (Å²) < 4.78 is 0. The summed E-state index contributed by atoms with van der Waals surface area (Å²) in [5, 5.41) is 0. The fraction of sp³-hybridized carbons (Fsp3) is 0.917. The average Bonchev–Trinajstić information content (AvgIpc) is 2.14. The first kappa shape index (κ1) is 19.1. The van der Waals surface area contributed by atoms with Crippen molar-refractivity contribution < 1.29 is 16.5 Å². The van der Waals surface area contributed by atoms with Gasteiger partial charge in [-0.1, -0.05) is 59.8 Å². The minimum absolute atomic E-state index is 0. The molecule has 0 amide bonds.